The molecule has 1 heterocycles. The molecule has 1 aromatic heterocycles. The molecule has 4 nitrogen and oxygen atoms in total. The van der Waals surface area contributed by atoms with E-state index in [4.69, 9.17) is 26.9 Å². The van der Waals surface area contributed by atoms with Crippen LogP contribution in [0, 0.1) is 0 Å². The predicted molar refractivity (Wildman–Crippen MR) is 47.5 cm³/mol. The van der Waals surface area contributed by atoms with Crippen LogP contribution in [0.3, 0.4) is 0 Å². The van der Waals surface area contributed by atoms with E-state index in [1.54, 1.807) is 13.0 Å². The van der Waals surface area contributed by atoms with Gasteiger partial charge in [-0.2, -0.15) is 0 Å². The first-order chi connectivity index (χ1) is 5.92. The molecule has 0 saturated heterocycles. The summed E-state index contributed by atoms with van der Waals surface area (Å²) in [5, 5.41) is 8.77. The number of nitrogens with two attached hydrogens (primary N) is 1. The van der Waals surface area contributed by atoms with Gasteiger partial charge in [0.05, 0.1) is 12.0 Å². The van der Waals surface area contributed by atoms with Crippen molar-refractivity contribution in [3.63, 3.8) is 0 Å². The van der Waals surface area contributed by atoms with E-state index < -0.39 is 11.5 Å². The van der Waals surface area contributed by atoms with Crippen LogP contribution in [0.15, 0.2) is 16.5 Å². The van der Waals surface area contributed by atoms with Gasteiger partial charge in [-0.1, -0.05) is 0 Å². The number of hydrogen-bond donors (Lipinski definition) is 2. The van der Waals surface area contributed by atoms with Gasteiger partial charge in [0.2, 0.25) is 0 Å². The molecule has 5 heteroatoms. The highest BCUT2D eigenvalue weighted by Crippen LogP contribution is 2.25. The maximum atomic E-state index is 10.4. The average molecular weight is 204 g/mol. The Morgan fingerprint density at radius 2 is 2.38 bits per heavy atom. The lowest BCUT2D eigenvalue weighted by Gasteiger charge is -2.18. The van der Waals surface area contributed by atoms with Crippen molar-refractivity contribution in [2.24, 2.45) is 5.73 Å². The predicted octanol–water partition coefficient (Wildman–Crippen LogP) is 1.58. The summed E-state index contributed by atoms with van der Waals surface area (Å²) in [7, 11) is 0. The van der Waals surface area contributed by atoms with Gasteiger partial charge in [-0.25, -0.2) is 0 Å². The highest BCUT2D eigenvalue weighted by Gasteiger charge is 2.28. The van der Waals surface area contributed by atoms with Crippen LogP contribution in [0.4, 0.5) is 0 Å². The zero-order chi connectivity index (χ0) is 10.1. The van der Waals surface area contributed by atoms with Crippen molar-refractivity contribution in [2.45, 2.75) is 18.9 Å². The Kier molecular flexibility index (Phi) is 2.63. The van der Waals surface area contributed by atoms with Crippen molar-refractivity contribution in [2.75, 3.05) is 0 Å². The van der Waals surface area contributed by atoms with Crippen LogP contribution >= 0.6 is 11.6 Å². The first-order valence-electron chi connectivity index (χ1n) is 3.68. The monoisotopic (exact) mass is 203 g/mol. The van der Waals surface area contributed by atoms with Gasteiger partial charge in [-0.05, 0) is 30.7 Å². The molecule has 0 saturated carbocycles. The van der Waals surface area contributed by atoms with Crippen LogP contribution in [-0.2, 0) is 10.3 Å². The average Bonchev–Trinajstić information content (AvgIpc) is 2.32. The molecule has 0 bridgehead atoms. The van der Waals surface area contributed by atoms with Crippen molar-refractivity contribution in [3.8, 4) is 0 Å². The van der Waals surface area contributed by atoms with Gasteiger partial charge in [0.25, 0.3) is 0 Å². The van der Waals surface area contributed by atoms with Gasteiger partial charge in [0, 0.05) is 0 Å². The van der Waals surface area contributed by atoms with E-state index in [0.717, 1.165) is 0 Å². The van der Waals surface area contributed by atoms with Crippen LogP contribution in [0.25, 0.3) is 0 Å². The zero-order valence-electron chi connectivity index (χ0n) is 7.08. The fourth-order valence-corrected chi connectivity index (χ4v) is 1.17. The lowest BCUT2D eigenvalue weighted by atomic mass is 9.96. The fraction of sp³-hybridized carbons (Fsp3) is 0.375. The van der Waals surface area contributed by atoms with E-state index in [9.17, 15) is 4.79 Å². The Morgan fingerprint density at radius 1 is 1.77 bits per heavy atom. The topological polar surface area (TPSA) is 76.5 Å². The molecule has 1 rings (SSSR count). The van der Waals surface area contributed by atoms with Crippen LogP contribution in [0.2, 0.25) is 5.22 Å². The molecule has 0 radical (unpaired) electrons. The third kappa shape index (κ3) is 2.47. The first-order valence-corrected chi connectivity index (χ1v) is 4.06. The molecule has 3 N–H and O–H groups in total. The second kappa shape index (κ2) is 3.40. The lowest BCUT2D eigenvalue weighted by Crippen LogP contribution is -2.35. The van der Waals surface area contributed by atoms with E-state index in [-0.39, 0.29) is 11.6 Å². The second-order valence-corrected chi connectivity index (χ2v) is 3.46. The van der Waals surface area contributed by atoms with E-state index in [1.165, 1.54) is 6.07 Å². The number of rotatable bonds is 3. The molecule has 0 aromatic carbocycles. The third-order valence-electron chi connectivity index (χ3n) is 1.65. The van der Waals surface area contributed by atoms with E-state index in [1.807, 2.05) is 0 Å². The number of carbonyl (C=O) groups is 1. The molecule has 72 valence electrons. The van der Waals surface area contributed by atoms with Crippen LogP contribution in [0.1, 0.15) is 19.1 Å². The Balaban J connectivity index is 2.86. The minimum atomic E-state index is -1.01. The standard InChI is InChI=1S/C8H10ClNO3/c1-8(10,4-7(11)12)5-2-3-6(9)13-5/h2-3H,4,10H2,1H3,(H,11,12)/t8-/m0/s1. The molecule has 0 unspecified atom stereocenters. The normalized spacial score (nSPS) is 15.3. The van der Waals surface area contributed by atoms with Crippen molar-refractivity contribution >= 4 is 17.6 Å². The SMILES string of the molecule is C[C@](N)(CC(=O)O)c1ccc(Cl)o1. The molecule has 1 atom stereocenters. The maximum absolute atomic E-state index is 10.4. The zero-order valence-corrected chi connectivity index (χ0v) is 7.84. The number of aliphatic carboxylic acids is 1. The quantitative estimate of drug-likeness (QED) is 0.782. The Hall–Kier alpha value is -1.00. The fourth-order valence-electron chi connectivity index (χ4n) is 1.02. The number of halogens is 1. The third-order valence-corrected chi connectivity index (χ3v) is 1.86. The van der Waals surface area contributed by atoms with Gasteiger partial charge in [0.1, 0.15) is 5.76 Å². The molecular weight excluding hydrogens is 194 g/mol. The molecule has 0 aliphatic heterocycles. The van der Waals surface area contributed by atoms with Crippen molar-refractivity contribution in [1.82, 2.24) is 0 Å². The minimum Gasteiger partial charge on any atom is -0.481 e. The summed E-state index contributed by atoms with van der Waals surface area (Å²) < 4.78 is 5.03. The molecule has 0 aliphatic carbocycles. The minimum absolute atomic E-state index is 0.198. The first kappa shape index (κ1) is 10.1. The molecule has 1 aromatic rings. The Bertz CT molecular complexity index is 319. The highest BCUT2D eigenvalue weighted by atomic mass is 35.5. The summed E-state index contributed by atoms with van der Waals surface area (Å²) in [4.78, 5) is 10.4. The summed E-state index contributed by atoms with van der Waals surface area (Å²) in [6.45, 7) is 1.58. The van der Waals surface area contributed by atoms with E-state index in [2.05, 4.69) is 0 Å². The smallest absolute Gasteiger partial charge is 0.305 e. The summed E-state index contributed by atoms with van der Waals surface area (Å²) >= 11 is 5.53. The largest absolute Gasteiger partial charge is 0.481 e. The van der Waals surface area contributed by atoms with Gasteiger partial charge in [0.15, 0.2) is 5.22 Å². The summed E-state index contributed by atoms with van der Waals surface area (Å²) in [6, 6.07) is 3.11. The molecule has 0 amide bonds. The lowest BCUT2D eigenvalue weighted by molar-refractivity contribution is -0.138. The number of hydrogen-bond acceptors (Lipinski definition) is 3. The molecule has 0 spiro atoms. The second-order valence-electron chi connectivity index (χ2n) is 3.09. The summed E-state index contributed by atoms with van der Waals surface area (Å²) in [6.07, 6.45) is -0.198. The van der Waals surface area contributed by atoms with Crippen LogP contribution < -0.4 is 5.73 Å². The van der Waals surface area contributed by atoms with E-state index >= 15 is 0 Å². The van der Waals surface area contributed by atoms with E-state index in [0.29, 0.717) is 5.76 Å². The van der Waals surface area contributed by atoms with Crippen molar-refractivity contribution in [3.05, 3.63) is 23.1 Å². The number of carboxylic acids is 1. The summed E-state index contributed by atoms with van der Waals surface area (Å²) in [5.41, 5.74) is 4.70. The van der Waals surface area contributed by atoms with Crippen molar-refractivity contribution in [1.29, 1.82) is 0 Å². The molecule has 0 aliphatic rings. The van der Waals surface area contributed by atoms with Gasteiger partial charge in [-0.15, -0.1) is 0 Å². The molecular formula is C8H10ClNO3. The van der Waals surface area contributed by atoms with Gasteiger partial charge in [-0.3, -0.25) is 4.79 Å². The Morgan fingerprint density at radius 3 is 2.77 bits per heavy atom. The van der Waals surface area contributed by atoms with Crippen molar-refractivity contribution < 1.29 is 14.3 Å². The highest BCUT2D eigenvalue weighted by molar-refractivity contribution is 6.28. The molecule has 0 fully saturated rings. The van der Waals surface area contributed by atoms with Crippen LogP contribution in [-0.4, -0.2) is 11.1 Å². The van der Waals surface area contributed by atoms with Gasteiger partial charge < -0.3 is 15.3 Å². The number of carboxylic acid groups (broad SMARTS) is 1. The molecule has 13 heavy (non-hydrogen) atoms. The summed E-state index contributed by atoms with van der Waals surface area (Å²) in [5.74, 6) is -0.600. The number of furan rings is 1. The maximum Gasteiger partial charge on any atom is 0.305 e. The Labute approximate surface area is 80.3 Å². The van der Waals surface area contributed by atoms with Gasteiger partial charge >= 0.3 is 5.97 Å². The van der Waals surface area contributed by atoms with Crippen LogP contribution in [0.5, 0.6) is 0 Å².